The lowest BCUT2D eigenvalue weighted by Crippen LogP contribution is -1.99. The average molecular weight is 310 g/mol. The Morgan fingerprint density at radius 2 is 2.17 bits per heavy atom. The number of ether oxygens (including phenoxy) is 1. The van der Waals surface area contributed by atoms with Crippen molar-refractivity contribution in [1.29, 1.82) is 0 Å². The molecule has 0 spiro atoms. The summed E-state index contributed by atoms with van der Waals surface area (Å²) >= 11 is 3.34. The van der Waals surface area contributed by atoms with Gasteiger partial charge in [0.15, 0.2) is 12.0 Å². The fraction of sp³-hybridized carbons (Fsp3) is 0.231. The maximum Gasteiger partial charge on any atom is 0.174 e. The number of hydrogen-bond acceptors (Lipinski definition) is 4. The molecular formula is C13H12BrNO3. The van der Waals surface area contributed by atoms with Crippen molar-refractivity contribution in [2.45, 2.75) is 20.5 Å². The average Bonchev–Trinajstić information content (AvgIpc) is 2.73. The Morgan fingerprint density at radius 1 is 1.39 bits per heavy atom. The van der Waals surface area contributed by atoms with E-state index in [4.69, 9.17) is 9.26 Å². The molecule has 1 heterocycles. The molecule has 18 heavy (non-hydrogen) atoms. The Balaban J connectivity index is 2.20. The largest absolute Gasteiger partial charge is 0.485 e. The fourth-order valence-corrected chi connectivity index (χ4v) is 2.26. The molecule has 1 aromatic carbocycles. The first-order chi connectivity index (χ1) is 8.60. The van der Waals surface area contributed by atoms with Crippen LogP contribution in [0.5, 0.6) is 5.75 Å². The van der Waals surface area contributed by atoms with Crippen LogP contribution in [-0.2, 0) is 6.61 Å². The van der Waals surface area contributed by atoms with E-state index >= 15 is 0 Å². The number of aryl methyl sites for hydroxylation is 2. The van der Waals surface area contributed by atoms with Gasteiger partial charge in [0.2, 0.25) is 0 Å². The molecule has 0 atom stereocenters. The molecule has 5 heteroatoms. The Bertz CT molecular complexity index is 578. The number of carbonyl (C=O) groups is 1. The van der Waals surface area contributed by atoms with E-state index in [1.165, 1.54) is 0 Å². The van der Waals surface area contributed by atoms with Gasteiger partial charge in [-0.25, -0.2) is 0 Å². The Kier molecular flexibility index (Phi) is 3.81. The molecule has 4 nitrogen and oxygen atoms in total. The summed E-state index contributed by atoms with van der Waals surface area (Å²) in [4.78, 5) is 11.0. The second-order valence-electron chi connectivity index (χ2n) is 3.98. The number of rotatable bonds is 4. The third-order valence-electron chi connectivity index (χ3n) is 2.43. The zero-order valence-electron chi connectivity index (χ0n) is 10.1. The first-order valence-electron chi connectivity index (χ1n) is 5.40. The van der Waals surface area contributed by atoms with E-state index in [1.54, 1.807) is 12.1 Å². The van der Waals surface area contributed by atoms with E-state index in [0.717, 1.165) is 22.0 Å². The van der Waals surface area contributed by atoms with Gasteiger partial charge in [0, 0.05) is 10.5 Å². The molecule has 0 aliphatic rings. The van der Waals surface area contributed by atoms with Crippen molar-refractivity contribution in [3.05, 3.63) is 45.3 Å². The van der Waals surface area contributed by atoms with Crippen LogP contribution in [-0.4, -0.2) is 11.4 Å². The molecule has 2 aromatic rings. The molecule has 0 fully saturated rings. The third-order valence-corrected chi connectivity index (χ3v) is 2.89. The Labute approximate surface area is 113 Å². The maximum atomic E-state index is 11.0. The standard InChI is InChI=1S/C13H12BrNO3/c1-8-3-11(14)5-10(6-16)13(8)17-7-12-4-9(2)15-18-12/h3-6H,7H2,1-2H3. The molecule has 1 aromatic heterocycles. The van der Waals surface area contributed by atoms with Crippen LogP contribution in [0.1, 0.15) is 27.4 Å². The minimum atomic E-state index is 0.254. The predicted molar refractivity (Wildman–Crippen MR) is 69.8 cm³/mol. The molecule has 0 aliphatic heterocycles. The highest BCUT2D eigenvalue weighted by Gasteiger charge is 2.10. The zero-order valence-corrected chi connectivity index (χ0v) is 11.7. The van der Waals surface area contributed by atoms with Crippen molar-refractivity contribution in [3.8, 4) is 5.75 Å². The number of benzene rings is 1. The van der Waals surface area contributed by atoms with Gasteiger partial charge >= 0.3 is 0 Å². The quantitative estimate of drug-likeness (QED) is 0.812. The summed E-state index contributed by atoms with van der Waals surface area (Å²) in [5.41, 5.74) is 2.21. The molecule has 0 amide bonds. The van der Waals surface area contributed by atoms with Crippen molar-refractivity contribution in [1.82, 2.24) is 5.16 Å². The predicted octanol–water partition coefficient (Wildman–Crippen LogP) is 3.45. The summed E-state index contributed by atoms with van der Waals surface area (Å²) in [6, 6.07) is 5.42. The minimum Gasteiger partial charge on any atom is -0.485 e. The van der Waals surface area contributed by atoms with Crippen molar-refractivity contribution >= 4 is 22.2 Å². The number of hydrogen-bond donors (Lipinski definition) is 0. The highest BCUT2D eigenvalue weighted by atomic mass is 79.9. The van der Waals surface area contributed by atoms with Gasteiger partial charge in [-0.2, -0.15) is 0 Å². The molecule has 0 unspecified atom stereocenters. The van der Waals surface area contributed by atoms with Crippen LogP contribution < -0.4 is 4.74 Å². The lowest BCUT2D eigenvalue weighted by Gasteiger charge is -2.10. The second kappa shape index (κ2) is 5.35. The first kappa shape index (κ1) is 12.8. The van der Waals surface area contributed by atoms with Gasteiger partial charge in [0.25, 0.3) is 0 Å². The van der Waals surface area contributed by atoms with Gasteiger partial charge in [-0.1, -0.05) is 21.1 Å². The van der Waals surface area contributed by atoms with E-state index < -0.39 is 0 Å². The van der Waals surface area contributed by atoms with Gasteiger partial charge in [0.1, 0.15) is 12.4 Å². The third kappa shape index (κ3) is 2.79. The molecule has 0 N–H and O–H groups in total. The van der Waals surface area contributed by atoms with Crippen LogP contribution in [0.3, 0.4) is 0 Å². The van der Waals surface area contributed by atoms with Gasteiger partial charge in [-0.05, 0) is 31.5 Å². The van der Waals surface area contributed by atoms with Crippen molar-refractivity contribution < 1.29 is 14.1 Å². The number of nitrogens with zero attached hydrogens (tertiary/aromatic N) is 1. The summed E-state index contributed by atoms with van der Waals surface area (Å²) in [5, 5.41) is 3.78. The summed E-state index contributed by atoms with van der Waals surface area (Å²) < 4.78 is 11.5. The van der Waals surface area contributed by atoms with Crippen LogP contribution in [0.25, 0.3) is 0 Å². The topological polar surface area (TPSA) is 52.3 Å². The van der Waals surface area contributed by atoms with Crippen LogP contribution in [0.15, 0.2) is 27.2 Å². The Morgan fingerprint density at radius 3 is 2.78 bits per heavy atom. The molecule has 0 radical (unpaired) electrons. The van der Waals surface area contributed by atoms with Crippen LogP contribution in [0.4, 0.5) is 0 Å². The number of halogens is 1. The van der Waals surface area contributed by atoms with Crippen LogP contribution in [0, 0.1) is 13.8 Å². The van der Waals surface area contributed by atoms with Crippen molar-refractivity contribution in [2.24, 2.45) is 0 Å². The molecule has 0 saturated heterocycles. The van der Waals surface area contributed by atoms with Crippen LogP contribution in [0.2, 0.25) is 0 Å². The molecular weight excluding hydrogens is 298 g/mol. The van der Waals surface area contributed by atoms with Gasteiger partial charge < -0.3 is 9.26 Å². The van der Waals surface area contributed by atoms with Gasteiger partial charge in [0.05, 0.1) is 11.3 Å². The molecule has 0 saturated carbocycles. The summed E-state index contributed by atoms with van der Waals surface area (Å²) in [6.45, 7) is 3.98. The van der Waals surface area contributed by atoms with E-state index in [2.05, 4.69) is 21.1 Å². The van der Waals surface area contributed by atoms with E-state index in [9.17, 15) is 4.79 Å². The number of carbonyl (C=O) groups excluding carboxylic acids is 1. The molecule has 2 rings (SSSR count). The van der Waals surface area contributed by atoms with Crippen LogP contribution >= 0.6 is 15.9 Å². The maximum absolute atomic E-state index is 11.0. The summed E-state index contributed by atoms with van der Waals surface area (Å²) in [5.74, 6) is 1.20. The highest BCUT2D eigenvalue weighted by Crippen LogP contribution is 2.27. The van der Waals surface area contributed by atoms with E-state index in [-0.39, 0.29) is 6.61 Å². The summed E-state index contributed by atoms with van der Waals surface area (Å²) in [7, 11) is 0. The lowest BCUT2D eigenvalue weighted by atomic mass is 10.1. The van der Waals surface area contributed by atoms with Crippen molar-refractivity contribution in [2.75, 3.05) is 0 Å². The monoisotopic (exact) mass is 309 g/mol. The first-order valence-corrected chi connectivity index (χ1v) is 6.20. The van der Waals surface area contributed by atoms with E-state index in [0.29, 0.717) is 17.1 Å². The molecule has 94 valence electrons. The normalized spacial score (nSPS) is 10.4. The minimum absolute atomic E-state index is 0.254. The van der Waals surface area contributed by atoms with Gasteiger partial charge in [-0.15, -0.1) is 0 Å². The molecule has 0 bridgehead atoms. The number of aromatic nitrogens is 1. The van der Waals surface area contributed by atoms with Crippen molar-refractivity contribution in [3.63, 3.8) is 0 Å². The second-order valence-corrected chi connectivity index (χ2v) is 4.90. The molecule has 0 aliphatic carbocycles. The highest BCUT2D eigenvalue weighted by molar-refractivity contribution is 9.10. The smallest absolute Gasteiger partial charge is 0.174 e. The van der Waals surface area contributed by atoms with E-state index in [1.807, 2.05) is 19.9 Å². The summed E-state index contributed by atoms with van der Waals surface area (Å²) in [6.07, 6.45) is 0.777. The lowest BCUT2D eigenvalue weighted by molar-refractivity contribution is 0.111. The Hall–Kier alpha value is -1.62. The number of aldehydes is 1. The van der Waals surface area contributed by atoms with Gasteiger partial charge in [-0.3, -0.25) is 4.79 Å². The fourth-order valence-electron chi connectivity index (χ4n) is 1.67. The zero-order chi connectivity index (χ0) is 13.1. The SMILES string of the molecule is Cc1cc(COc2c(C)cc(Br)cc2C=O)on1.